The number of halogens is 1. The summed E-state index contributed by atoms with van der Waals surface area (Å²) in [5.74, 6) is 1.69. The Morgan fingerprint density at radius 1 is 0.791 bits per heavy atom. The summed E-state index contributed by atoms with van der Waals surface area (Å²) >= 11 is 0. The number of nitrogen functional groups attached to an aromatic ring is 1. The van der Waals surface area contributed by atoms with Gasteiger partial charge in [-0.05, 0) is 49.2 Å². The van der Waals surface area contributed by atoms with Crippen LogP contribution in [-0.2, 0) is 0 Å². The first kappa shape index (κ1) is 25.9. The molecule has 3 aromatic carbocycles. The number of nitrogens with zero attached hydrogens (tertiary/aromatic N) is 6. The quantitative estimate of drug-likeness (QED) is 0.259. The normalized spacial score (nSPS) is 19.1. The highest BCUT2D eigenvalue weighted by atomic mass is 19.1. The fourth-order valence-electron chi connectivity index (χ4n) is 6.70. The minimum absolute atomic E-state index is 0.190. The number of aromatic nitrogens is 4. The van der Waals surface area contributed by atoms with Gasteiger partial charge in [-0.15, -0.1) is 0 Å². The average molecular weight is 570 g/mol. The van der Waals surface area contributed by atoms with E-state index in [9.17, 15) is 4.39 Å². The predicted molar refractivity (Wildman–Crippen MR) is 170 cm³/mol. The van der Waals surface area contributed by atoms with Crippen LogP contribution in [-0.4, -0.2) is 56.5 Å². The number of pyridine rings is 1. The van der Waals surface area contributed by atoms with Crippen molar-refractivity contribution in [2.75, 3.05) is 36.8 Å². The highest BCUT2D eigenvalue weighted by molar-refractivity contribution is 5.91. The van der Waals surface area contributed by atoms with Crippen molar-refractivity contribution in [1.29, 1.82) is 0 Å². The maximum absolute atomic E-state index is 13.4. The second-order valence-corrected chi connectivity index (χ2v) is 11.6. The smallest absolute Gasteiger partial charge is 0.150 e. The second kappa shape index (κ2) is 10.5. The molecular weight excluding hydrogens is 537 g/mol. The fraction of sp³-hybridized carbons (Fsp3) is 0.229. The van der Waals surface area contributed by atoms with E-state index < -0.39 is 0 Å². The van der Waals surface area contributed by atoms with Gasteiger partial charge in [0.2, 0.25) is 0 Å². The van der Waals surface area contributed by atoms with Crippen LogP contribution in [0.25, 0.3) is 38.9 Å². The molecule has 8 rings (SSSR count). The Morgan fingerprint density at radius 2 is 1.56 bits per heavy atom. The molecule has 2 fully saturated rings. The third-order valence-corrected chi connectivity index (χ3v) is 9.15. The lowest BCUT2D eigenvalue weighted by Gasteiger charge is -2.46. The van der Waals surface area contributed by atoms with Crippen LogP contribution >= 0.6 is 0 Å². The molecule has 0 spiro atoms. The van der Waals surface area contributed by atoms with Crippen LogP contribution in [0.3, 0.4) is 0 Å². The molecule has 0 unspecified atom stereocenters. The molecule has 0 bridgehead atoms. The first-order valence-electron chi connectivity index (χ1n) is 14.9. The third kappa shape index (κ3) is 4.68. The summed E-state index contributed by atoms with van der Waals surface area (Å²) < 4.78 is 15.5. The minimum Gasteiger partial charge on any atom is -0.382 e. The van der Waals surface area contributed by atoms with Crippen molar-refractivity contribution in [3.63, 3.8) is 0 Å². The maximum atomic E-state index is 13.4. The molecule has 0 atom stereocenters. The van der Waals surface area contributed by atoms with Gasteiger partial charge in [0, 0.05) is 72.7 Å². The van der Waals surface area contributed by atoms with Gasteiger partial charge in [0.25, 0.3) is 0 Å². The van der Waals surface area contributed by atoms with E-state index in [2.05, 4.69) is 61.6 Å². The largest absolute Gasteiger partial charge is 0.382 e. The number of benzene rings is 3. The zero-order valence-corrected chi connectivity index (χ0v) is 23.8. The van der Waals surface area contributed by atoms with Crippen molar-refractivity contribution in [2.24, 2.45) is 0 Å². The van der Waals surface area contributed by atoms with E-state index in [4.69, 9.17) is 15.7 Å². The monoisotopic (exact) mass is 569 g/mol. The number of hydrogen-bond donors (Lipinski definition) is 1. The minimum atomic E-state index is -0.190. The summed E-state index contributed by atoms with van der Waals surface area (Å²) in [4.78, 5) is 19.6. The molecule has 3 aromatic heterocycles. The summed E-state index contributed by atoms with van der Waals surface area (Å²) in [6.07, 6.45) is 5.88. The Balaban J connectivity index is 1.04. The number of piperazine rings is 1. The summed E-state index contributed by atoms with van der Waals surface area (Å²) in [5, 5.41) is 1.08. The lowest BCUT2D eigenvalue weighted by molar-refractivity contribution is 0.0994. The molecule has 4 heterocycles. The number of nitrogens with two attached hydrogens (primary N) is 1. The molecule has 0 radical (unpaired) electrons. The predicted octanol–water partition coefficient (Wildman–Crippen LogP) is 6.40. The van der Waals surface area contributed by atoms with E-state index in [1.807, 2.05) is 36.5 Å². The van der Waals surface area contributed by atoms with Crippen LogP contribution in [0.2, 0.25) is 0 Å². The Labute approximate surface area is 249 Å². The Bertz CT molecular complexity index is 1920. The van der Waals surface area contributed by atoms with Crippen molar-refractivity contribution < 1.29 is 4.39 Å². The number of fused-ring (bicyclic) bond motifs is 2. The van der Waals surface area contributed by atoms with E-state index in [1.165, 1.54) is 0 Å². The van der Waals surface area contributed by atoms with Crippen LogP contribution < -0.4 is 10.6 Å². The number of hydrogen-bond acceptors (Lipinski definition) is 6. The van der Waals surface area contributed by atoms with E-state index in [1.54, 1.807) is 18.3 Å². The number of imidazole rings is 1. The molecule has 7 nitrogen and oxygen atoms in total. The van der Waals surface area contributed by atoms with Crippen LogP contribution in [0, 0.1) is 5.82 Å². The lowest BCUT2D eigenvalue weighted by atomic mass is 9.78. The van der Waals surface area contributed by atoms with Crippen LogP contribution in [0.1, 0.15) is 24.6 Å². The van der Waals surface area contributed by atoms with Gasteiger partial charge in [0.1, 0.15) is 28.7 Å². The van der Waals surface area contributed by atoms with E-state index >= 15 is 0 Å². The SMILES string of the molecule is Nc1nccn2c1c(-c1ccc3ccc(-c4ccccc4)nc3c1)nc2[C@H]1C[C@@H](N2CCN(c3ccc(F)cc3)CC2)C1. The van der Waals surface area contributed by atoms with Gasteiger partial charge in [-0.25, -0.2) is 19.3 Å². The second-order valence-electron chi connectivity index (χ2n) is 11.6. The van der Waals surface area contributed by atoms with Crippen molar-refractivity contribution in [2.45, 2.75) is 24.8 Å². The molecule has 8 heteroatoms. The van der Waals surface area contributed by atoms with Crippen molar-refractivity contribution in [3.8, 4) is 22.5 Å². The molecule has 1 aliphatic carbocycles. The van der Waals surface area contributed by atoms with Gasteiger partial charge in [-0.1, -0.05) is 48.5 Å². The summed E-state index contributed by atoms with van der Waals surface area (Å²) in [6.45, 7) is 3.92. The Hall–Kier alpha value is -4.82. The molecule has 1 aliphatic heterocycles. The fourth-order valence-corrected chi connectivity index (χ4v) is 6.70. The van der Waals surface area contributed by atoms with Gasteiger partial charge in [-0.2, -0.15) is 0 Å². The molecule has 43 heavy (non-hydrogen) atoms. The van der Waals surface area contributed by atoms with Crippen molar-refractivity contribution in [3.05, 3.63) is 109 Å². The molecule has 1 saturated heterocycles. The Morgan fingerprint density at radius 3 is 2.35 bits per heavy atom. The highest BCUT2D eigenvalue weighted by Gasteiger charge is 2.38. The summed E-state index contributed by atoms with van der Waals surface area (Å²) in [6, 6.07) is 28.1. The zero-order valence-electron chi connectivity index (χ0n) is 23.8. The first-order valence-corrected chi connectivity index (χ1v) is 14.9. The molecule has 1 saturated carbocycles. The van der Waals surface area contributed by atoms with Crippen molar-refractivity contribution >= 4 is 27.9 Å². The molecule has 6 aromatic rings. The molecule has 2 N–H and O–H groups in total. The zero-order chi connectivity index (χ0) is 28.9. The van der Waals surface area contributed by atoms with Gasteiger partial charge >= 0.3 is 0 Å². The van der Waals surface area contributed by atoms with E-state index in [0.29, 0.717) is 17.8 Å². The van der Waals surface area contributed by atoms with Crippen molar-refractivity contribution in [1.82, 2.24) is 24.3 Å². The molecular formula is C35H32FN7. The Kier molecular flexibility index (Phi) is 6.30. The van der Waals surface area contributed by atoms with Crippen LogP contribution in [0.5, 0.6) is 0 Å². The highest BCUT2D eigenvalue weighted by Crippen LogP contribution is 2.42. The van der Waals surface area contributed by atoms with E-state index in [0.717, 1.165) is 89.5 Å². The van der Waals surface area contributed by atoms with Gasteiger partial charge in [0.15, 0.2) is 0 Å². The number of anilines is 2. The molecule has 214 valence electrons. The summed E-state index contributed by atoms with van der Waals surface area (Å²) in [7, 11) is 0. The summed E-state index contributed by atoms with van der Waals surface area (Å²) in [5.41, 5.74) is 13.2. The van der Waals surface area contributed by atoms with Gasteiger partial charge < -0.3 is 10.6 Å². The van der Waals surface area contributed by atoms with Crippen LogP contribution in [0.4, 0.5) is 15.9 Å². The lowest BCUT2D eigenvalue weighted by Crippen LogP contribution is -2.53. The first-order chi connectivity index (χ1) is 21.1. The van der Waals surface area contributed by atoms with Gasteiger partial charge in [0.05, 0.1) is 11.2 Å². The number of rotatable bonds is 5. The van der Waals surface area contributed by atoms with E-state index in [-0.39, 0.29) is 5.82 Å². The third-order valence-electron chi connectivity index (χ3n) is 9.15. The maximum Gasteiger partial charge on any atom is 0.150 e. The van der Waals surface area contributed by atoms with Gasteiger partial charge in [-0.3, -0.25) is 9.30 Å². The topological polar surface area (TPSA) is 75.6 Å². The average Bonchev–Trinajstić information content (AvgIpc) is 3.41. The standard InChI is InChI=1S/C35H32FN7/c36-27-9-11-28(12-10-27)41-16-18-42(19-17-41)29-20-26(21-29)35-40-32(33-34(37)38-14-15-43(33)35)25-7-6-24-8-13-30(39-31(24)22-25)23-4-2-1-3-5-23/h1-15,22,26,29H,16-21H2,(H2,37,38)/t26-,29+. The van der Waals surface area contributed by atoms with Crippen LogP contribution in [0.15, 0.2) is 97.3 Å². The molecule has 2 aliphatic rings. The molecule has 0 amide bonds.